The van der Waals surface area contributed by atoms with Gasteiger partial charge in [-0.2, -0.15) is 5.10 Å². The summed E-state index contributed by atoms with van der Waals surface area (Å²) in [5, 5.41) is 12.8. The van der Waals surface area contributed by atoms with E-state index in [-0.39, 0.29) is 29.9 Å². The Bertz CT molecular complexity index is 815. The molecule has 3 N–H and O–H groups in total. The van der Waals surface area contributed by atoms with Gasteiger partial charge < -0.3 is 15.4 Å². The first kappa shape index (κ1) is 19.1. The maximum absolute atomic E-state index is 12.4. The third kappa shape index (κ3) is 4.95. The Labute approximate surface area is 158 Å². The van der Waals surface area contributed by atoms with Crippen molar-refractivity contribution in [1.29, 1.82) is 0 Å². The summed E-state index contributed by atoms with van der Waals surface area (Å²) in [5.74, 6) is -0.000181. The molecule has 1 aliphatic rings. The number of benzene rings is 1. The van der Waals surface area contributed by atoms with Crippen molar-refractivity contribution < 1.29 is 14.3 Å². The average Bonchev–Trinajstić information content (AvgIpc) is 3.12. The topological polar surface area (TPSA) is 96.1 Å². The van der Waals surface area contributed by atoms with E-state index in [1.54, 1.807) is 6.07 Å². The lowest BCUT2D eigenvalue weighted by molar-refractivity contribution is -0.120. The molecule has 7 nitrogen and oxygen atoms in total. The van der Waals surface area contributed by atoms with Crippen molar-refractivity contribution in [3.63, 3.8) is 0 Å². The Morgan fingerprint density at radius 3 is 2.81 bits per heavy atom. The summed E-state index contributed by atoms with van der Waals surface area (Å²) >= 11 is 0. The fourth-order valence-electron chi connectivity index (χ4n) is 3.21. The quantitative estimate of drug-likeness (QED) is 0.753. The van der Waals surface area contributed by atoms with Crippen molar-refractivity contribution in [1.82, 2.24) is 15.5 Å². The molecule has 0 unspecified atom stereocenters. The number of hydrogen-bond donors (Lipinski definition) is 3. The van der Waals surface area contributed by atoms with Gasteiger partial charge in [-0.05, 0) is 42.5 Å². The first-order chi connectivity index (χ1) is 12.9. The molecule has 7 heteroatoms. The normalized spacial score (nSPS) is 19.7. The minimum Gasteiger partial charge on any atom is -0.373 e. The number of amides is 2. The second kappa shape index (κ2) is 8.35. The van der Waals surface area contributed by atoms with Gasteiger partial charge in [0.25, 0.3) is 5.91 Å². The van der Waals surface area contributed by atoms with Crippen LogP contribution < -0.4 is 10.6 Å². The second-order valence-electron chi connectivity index (χ2n) is 7.22. The van der Waals surface area contributed by atoms with Crippen LogP contribution in [0.2, 0.25) is 0 Å². The van der Waals surface area contributed by atoms with Gasteiger partial charge >= 0.3 is 0 Å². The standard InChI is InChI=1S/C20H26N4O3/c1-12(2)17-11-18(24-23-17)20(26)22-15-6-4-5-14(9-15)19-10-16(7-8-27-19)21-13(3)25/h4-6,9,11-12,16,19H,7-8,10H2,1-3H3,(H,21,25)(H,22,26)(H,23,24)/t16-,19+/m0/s1. The summed E-state index contributed by atoms with van der Waals surface area (Å²) in [4.78, 5) is 23.7. The minimum absolute atomic E-state index is 0.0265. The molecule has 3 rings (SSSR count). The summed E-state index contributed by atoms with van der Waals surface area (Å²) in [5.41, 5.74) is 2.96. The number of nitrogens with one attached hydrogen (secondary N) is 3. The van der Waals surface area contributed by atoms with Crippen LogP contribution in [0.1, 0.15) is 67.4 Å². The molecular formula is C20H26N4O3. The van der Waals surface area contributed by atoms with Gasteiger partial charge in [-0.1, -0.05) is 26.0 Å². The van der Waals surface area contributed by atoms with Crippen LogP contribution in [0.5, 0.6) is 0 Å². The van der Waals surface area contributed by atoms with E-state index in [4.69, 9.17) is 4.74 Å². The third-order valence-electron chi connectivity index (χ3n) is 4.66. The van der Waals surface area contributed by atoms with Gasteiger partial charge in [0.1, 0.15) is 0 Å². The zero-order valence-electron chi connectivity index (χ0n) is 15.9. The number of nitrogens with zero attached hydrogens (tertiary/aromatic N) is 1. The van der Waals surface area contributed by atoms with Crippen LogP contribution in [0.25, 0.3) is 0 Å². The van der Waals surface area contributed by atoms with Crippen LogP contribution in [0.4, 0.5) is 5.69 Å². The van der Waals surface area contributed by atoms with Gasteiger partial charge in [-0.15, -0.1) is 0 Å². The Kier molecular flexibility index (Phi) is 5.91. The Balaban J connectivity index is 1.67. The fourth-order valence-corrected chi connectivity index (χ4v) is 3.21. The predicted molar refractivity (Wildman–Crippen MR) is 103 cm³/mol. The molecule has 0 spiro atoms. The summed E-state index contributed by atoms with van der Waals surface area (Å²) in [6.07, 6.45) is 1.42. The van der Waals surface area contributed by atoms with Crippen molar-refractivity contribution in [2.45, 2.75) is 51.7 Å². The molecule has 1 fully saturated rings. The summed E-state index contributed by atoms with van der Waals surface area (Å²) < 4.78 is 5.87. The van der Waals surface area contributed by atoms with E-state index in [1.165, 1.54) is 6.92 Å². The highest BCUT2D eigenvalue weighted by atomic mass is 16.5. The average molecular weight is 370 g/mol. The lowest BCUT2D eigenvalue weighted by Gasteiger charge is -2.30. The molecule has 1 aromatic carbocycles. The molecule has 144 valence electrons. The highest BCUT2D eigenvalue weighted by Gasteiger charge is 2.24. The number of aromatic amines is 1. The van der Waals surface area contributed by atoms with E-state index in [0.29, 0.717) is 24.4 Å². The largest absolute Gasteiger partial charge is 0.373 e. The lowest BCUT2D eigenvalue weighted by Crippen LogP contribution is -2.38. The van der Waals surface area contributed by atoms with Crippen molar-refractivity contribution in [2.75, 3.05) is 11.9 Å². The first-order valence-electron chi connectivity index (χ1n) is 9.27. The minimum atomic E-state index is -0.254. The number of hydrogen-bond acceptors (Lipinski definition) is 4. The fraction of sp³-hybridized carbons (Fsp3) is 0.450. The lowest BCUT2D eigenvalue weighted by atomic mass is 9.97. The van der Waals surface area contributed by atoms with Gasteiger partial charge in [0.2, 0.25) is 5.91 Å². The van der Waals surface area contributed by atoms with Crippen LogP contribution in [0.3, 0.4) is 0 Å². The van der Waals surface area contributed by atoms with Gasteiger partial charge in [0, 0.05) is 31.0 Å². The maximum Gasteiger partial charge on any atom is 0.276 e. The van der Waals surface area contributed by atoms with Crippen LogP contribution in [0.15, 0.2) is 30.3 Å². The summed E-state index contributed by atoms with van der Waals surface area (Å²) in [7, 11) is 0. The van der Waals surface area contributed by atoms with E-state index in [0.717, 1.165) is 17.7 Å². The van der Waals surface area contributed by atoms with Gasteiger partial charge in [-0.3, -0.25) is 14.7 Å². The number of carbonyl (C=O) groups excluding carboxylic acids is 2. The van der Waals surface area contributed by atoms with Crippen molar-refractivity contribution >= 4 is 17.5 Å². The van der Waals surface area contributed by atoms with Gasteiger partial charge in [-0.25, -0.2) is 0 Å². The van der Waals surface area contributed by atoms with E-state index in [1.807, 2.05) is 38.1 Å². The van der Waals surface area contributed by atoms with Crippen LogP contribution in [-0.4, -0.2) is 34.7 Å². The molecule has 27 heavy (non-hydrogen) atoms. The number of rotatable bonds is 5. The third-order valence-corrected chi connectivity index (χ3v) is 4.66. The monoisotopic (exact) mass is 370 g/mol. The zero-order chi connectivity index (χ0) is 19.4. The SMILES string of the molecule is CC(=O)N[C@H]1CCO[C@@H](c2cccc(NC(=O)c3cc(C(C)C)[nH]n3)c2)C1. The summed E-state index contributed by atoms with van der Waals surface area (Å²) in [6.45, 7) is 6.20. The van der Waals surface area contributed by atoms with Crippen LogP contribution in [-0.2, 0) is 9.53 Å². The molecule has 2 amide bonds. The number of ether oxygens (including phenoxy) is 1. The molecule has 2 atom stereocenters. The number of carbonyl (C=O) groups is 2. The van der Waals surface area contributed by atoms with E-state index >= 15 is 0 Å². The Morgan fingerprint density at radius 1 is 1.30 bits per heavy atom. The van der Waals surface area contributed by atoms with E-state index < -0.39 is 0 Å². The molecule has 1 aromatic heterocycles. The van der Waals surface area contributed by atoms with E-state index in [9.17, 15) is 9.59 Å². The molecule has 1 aliphatic heterocycles. The molecule has 0 radical (unpaired) electrons. The predicted octanol–water partition coefficient (Wildman–Crippen LogP) is 3.14. The highest BCUT2D eigenvalue weighted by molar-refractivity contribution is 6.02. The zero-order valence-corrected chi connectivity index (χ0v) is 15.9. The van der Waals surface area contributed by atoms with E-state index in [2.05, 4.69) is 20.8 Å². The number of aromatic nitrogens is 2. The smallest absolute Gasteiger partial charge is 0.276 e. The highest BCUT2D eigenvalue weighted by Crippen LogP contribution is 2.29. The number of H-pyrrole nitrogens is 1. The molecular weight excluding hydrogens is 344 g/mol. The molecule has 2 aromatic rings. The number of anilines is 1. The molecule has 2 heterocycles. The van der Waals surface area contributed by atoms with Crippen molar-refractivity contribution in [3.05, 3.63) is 47.3 Å². The van der Waals surface area contributed by atoms with Gasteiger partial charge in [0.05, 0.1) is 6.10 Å². The second-order valence-corrected chi connectivity index (χ2v) is 7.22. The Hall–Kier alpha value is -2.67. The summed E-state index contributed by atoms with van der Waals surface area (Å²) in [6, 6.07) is 9.49. The first-order valence-corrected chi connectivity index (χ1v) is 9.27. The van der Waals surface area contributed by atoms with Crippen LogP contribution >= 0.6 is 0 Å². The van der Waals surface area contributed by atoms with Gasteiger partial charge in [0.15, 0.2) is 5.69 Å². The maximum atomic E-state index is 12.4. The van der Waals surface area contributed by atoms with Crippen LogP contribution in [0, 0.1) is 0 Å². The van der Waals surface area contributed by atoms with Crippen molar-refractivity contribution in [2.24, 2.45) is 0 Å². The molecule has 0 bridgehead atoms. The molecule has 0 saturated carbocycles. The molecule has 0 aliphatic carbocycles. The Morgan fingerprint density at radius 2 is 2.11 bits per heavy atom. The van der Waals surface area contributed by atoms with Crippen molar-refractivity contribution in [3.8, 4) is 0 Å². The molecule has 1 saturated heterocycles.